The molecule has 0 atom stereocenters. The van der Waals surface area contributed by atoms with Crippen LogP contribution in [0, 0.1) is 11.3 Å². The number of hydrogen-bond acceptors (Lipinski definition) is 4. The summed E-state index contributed by atoms with van der Waals surface area (Å²) < 4.78 is 0. The highest BCUT2D eigenvalue weighted by Gasteiger charge is 2.18. The van der Waals surface area contributed by atoms with Crippen molar-refractivity contribution < 1.29 is 5.11 Å². The molecule has 4 heteroatoms. The monoisotopic (exact) mass is 259 g/mol. The molecule has 19 heavy (non-hydrogen) atoms. The van der Waals surface area contributed by atoms with Crippen molar-refractivity contribution in [3.05, 3.63) is 23.3 Å². The van der Waals surface area contributed by atoms with E-state index in [2.05, 4.69) is 23.6 Å². The molecule has 0 radical (unpaired) electrons. The van der Waals surface area contributed by atoms with Gasteiger partial charge < -0.3 is 15.7 Å². The molecule has 102 valence electrons. The Morgan fingerprint density at radius 1 is 1.42 bits per heavy atom. The average molecular weight is 259 g/mol. The maximum absolute atomic E-state index is 10.0. The molecule has 2 rings (SSSR count). The molecule has 1 aliphatic rings. The third kappa shape index (κ3) is 3.18. The highest BCUT2D eigenvalue weighted by Crippen LogP contribution is 2.31. The molecule has 0 unspecified atom stereocenters. The number of hydrogen-bond donors (Lipinski definition) is 3. The lowest BCUT2D eigenvalue weighted by atomic mass is 9.99. The van der Waals surface area contributed by atoms with E-state index in [0.717, 1.165) is 50.0 Å². The number of phenols is 1. The van der Waals surface area contributed by atoms with Gasteiger partial charge in [0.1, 0.15) is 11.8 Å². The van der Waals surface area contributed by atoms with Crippen LogP contribution in [0.15, 0.2) is 12.1 Å². The molecule has 0 bridgehead atoms. The van der Waals surface area contributed by atoms with Crippen LogP contribution in [0.25, 0.3) is 0 Å². The number of nitriles is 1. The zero-order valence-corrected chi connectivity index (χ0v) is 11.4. The van der Waals surface area contributed by atoms with Crippen molar-refractivity contribution in [1.29, 1.82) is 5.26 Å². The Kier molecular flexibility index (Phi) is 4.64. The van der Waals surface area contributed by atoms with Crippen molar-refractivity contribution in [3.8, 4) is 11.8 Å². The summed E-state index contributed by atoms with van der Waals surface area (Å²) in [6.45, 7) is 4.08. The number of nitrogens with one attached hydrogen (secondary N) is 2. The molecule has 1 saturated heterocycles. The Morgan fingerprint density at radius 3 is 2.79 bits per heavy atom. The van der Waals surface area contributed by atoms with Crippen LogP contribution >= 0.6 is 0 Å². The molecule has 3 N–H and O–H groups in total. The lowest BCUT2D eigenvalue weighted by Crippen LogP contribution is -2.35. The molecule has 1 aromatic rings. The van der Waals surface area contributed by atoms with Crippen molar-refractivity contribution in [2.24, 2.45) is 0 Å². The molecular weight excluding hydrogens is 238 g/mol. The second kappa shape index (κ2) is 6.44. The van der Waals surface area contributed by atoms with E-state index in [0.29, 0.717) is 11.6 Å². The Hall–Kier alpha value is -1.73. The van der Waals surface area contributed by atoms with Gasteiger partial charge in [-0.05, 0) is 44.5 Å². The zero-order chi connectivity index (χ0) is 13.7. The number of nitrogens with zero attached hydrogens (tertiary/aromatic N) is 1. The number of phenolic OH excluding ortho intramolecular Hbond substituents is 1. The van der Waals surface area contributed by atoms with Gasteiger partial charge in [-0.2, -0.15) is 5.26 Å². The second-order valence-electron chi connectivity index (χ2n) is 5.02. The standard InChI is InChI=1S/C15H21N3O/c1-2-3-13-14(19)5-4-11(10-16)15(13)18-12-6-8-17-9-7-12/h4-5,12,17-19H,2-3,6-9H2,1H3. The number of benzene rings is 1. The summed E-state index contributed by atoms with van der Waals surface area (Å²) in [5, 5.41) is 26.1. The fraction of sp³-hybridized carbons (Fsp3) is 0.533. The molecule has 0 aliphatic carbocycles. The van der Waals surface area contributed by atoms with E-state index >= 15 is 0 Å². The van der Waals surface area contributed by atoms with E-state index in [1.54, 1.807) is 12.1 Å². The summed E-state index contributed by atoms with van der Waals surface area (Å²) in [5.41, 5.74) is 2.33. The van der Waals surface area contributed by atoms with Crippen molar-refractivity contribution in [2.75, 3.05) is 18.4 Å². The highest BCUT2D eigenvalue weighted by molar-refractivity contribution is 5.67. The minimum Gasteiger partial charge on any atom is -0.508 e. The first-order valence-corrected chi connectivity index (χ1v) is 6.98. The molecule has 0 saturated carbocycles. The highest BCUT2D eigenvalue weighted by atomic mass is 16.3. The van der Waals surface area contributed by atoms with E-state index < -0.39 is 0 Å². The van der Waals surface area contributed by atoms with Gasteiger partial charge in [-0.25, -0.2) is 0 Å². The van der Waals surface area contributed by atoms with Gasteiger partial charge >= 0.3 is 0 Å². The molecule has 0 aromatic heterocycles. The van der Waals surface area contributed by atoms with Gasteiger partial charge in [0.15, 0.2) is 0 Å². The molecule has 4 nitrogen and oxygen atoms in total. The number of aromatic hydroxyl groups is 1. The van der Waals surface area contributed by atoms with Gasteiger partial charge in [-0.15, -0.1) is 0 Å². The Bertz CT molecular complexity index is 473. The van der Waals surface area contributed by atoms with Crippen molar-refractivity contribution in [2.45, 2.75) is 38.6 Å². The van der Waals surface area contributed by atoms with E-state index in [9.17, 15) is 10.4 Å². The van der Waals surface area contributed by atoms with Gasteiger partial charge in [0.2, 0.25) is 0 Å². The molecular formula is C15H21N3O. The van der Waals surface area contributed by atoms with Crippen LogP contribution in [-0.4, -0.2) is 24.2 Å². The number of piperidine rings is 1. The normalized spacial score (nSPS) is 16.0. The lowest BCUT2D eigenvalue weighted by Gasteiger charge is -2.26. The molecule has 1 heterocycles. The Labute approximate surface area is 114 Å². The van der Waals surface area contributed by atoms with E-state index in [-0.39, 0.29) is 5.75 Å². The largest absolute Gasteiger partial charge is 0.508 e. The zero-order valence-electron chi connectivity index (χ0n) is 11.4. The summed E-state index contributed by atoms with van der Waals surface area (Å²) in [6.07, 6.45) is 3.83. The summed E-state index contributed by atoms with van der Waals surface area (Å²) >= 11 is 0. The van der Waals surface area contributed by atoms with Crippen molar-refractivity contribution in [1.82, 2.24) is 5.32 Å². The lowest BCUT2D eigenvalue weighted by molar-refractivity contribution is 0.465. The van der Waals surface area contributed by atoms with Crippen LogP contribution in [0.3, 0.4) is 0 Å². The number of anilines is 1. The molecule has 0 spiro atoms. The average Bonchev–Trinajstić information content (AvgIpc) is 2.44. The second-order valence-corrected chi connectivity index (χ2v) is 5.02. The fourth-order valence-electron chi connectivity index (χ4n) is 2.57. The van der Waals surface area contributed by atoms with E-state index in [1.807, 2.05) is 0 Å². The number of rotatable bonds is 4. The van der Waals surface area contributed by atoms with Crippen LogP contribution in [0.5, 0.6) is 5.75 Å². The van der Waals surface area contributed by atoms with Crippen molar-refractivity contribution in [3.63, 3.8) is 0 Å². The van der Waals surface area contributed by atoms with Crippen molar-refractivity contribution >= 4 is 5.69 Å². The predicted octanol–water partition coefficient (Wildman–Crippen LogP) is 2.38. The van der Waals surface area contributed by atoms with E-state index in [4.69, 9.17) is 0 Å². The Balaban J connectivity index is 2.29. The quantitative estimate of drug-likeness (QED) is 0.776. The van der Waals surface area contributed by atoms with Gasteiger partial charge in [0.25, 0.3) is 0 Å². The molecule has 1 aromatic carbocycles. The smallest absolute Gasteiger partial charge is 0.120 e. The first kappa shape index (κ1) is 13.7. The SMILES string of the molecule is CCCc1c(O)ccc(C#N)c1NC1CCNCC1. The maximum atomic E-state index is 10.0. The first-order valence-electron chi connectivity index (χ1n) is 6.98. The molecule has 1 fully saturated rings. The van der Waals surface area contributed by atoms with Gasteiger partial charge in [-0.1, -0.05) is 13.3 Å². The fourth-order valence-corrected chi connectivity index (χ4v) is 2.57. The van der Waals surface area contributed by atoms with Crippen LogP contribution in [0.4, 0.5) is 5.69 Å². The van der Waals surface area contributed by atoms with Crippen LogP contribution < -0.4 is 10.6 Å². The van der Waals surface area contributed by atoms with Gasteiger partial charge in [0, 0.05) is 11.6 Å². The summed E-state index contributed by atoms with van der Waals surface area (Å²) in [4.78, 5) is 0. The molecule has 0 amide bonds. The topological polar surface area (TPSA) is 68.1 Å². The summed E-state index contributed by atoms with van der Waals surface area (Å²) in [6, 6.07) is 5.92. The predicted molar refractivity (Wildman–Crippen MR) is 76.3 cm³/mol. The van der Waals surface area contributed by atoms with Crippen LogP contribution in [0.2, 0.25) is 0 Å². The van der Waals surface area contributed by atoms with Crippen LogP contribution in [-0.2, 0) is 6.42 Å². The minimum absolute atomic E-state index is 0.289. The summed E-state index contributed by atoms with van der Waals surface area (Å²) in [5.74, 6) is 0.289. The molecule has 1 aliphatic heterocycles. The summed E-state index contributed by atoms with van der Waals surface area (Å²) in [7, 11) is 0. The van der Waals surface area contributed by atoms with Gasteiger partial charge in [-0.3, -0.25) is 0 Å². The minimum atomic E-state index is 0.289. The first-order chi connectivity index (χ1) is 9.26. The maximum Gasteiger partial charge on any atom is 0.120 e. The van der Waals surface area contributed by atoms with Crippen LogP contribution in [0.1, 0.15) is 37.3 Å². The van der Waals surface area contributed by atoms with Gasteiger partial charge in [0.05, 0.1) is 11.3 Å². The third-order valence-corrected chi connectivity index (χ3v) is 3.60. The third-order valence-electron chi connectivity index (χ3n) is 3.60. The van der Waals surface area contributed by atoms with E-state index in [1.165, 1.54) is 0 Å². The Morgan fingerprint density at radius 2 is 2.16 bits per heavy atom.